The molecule has 0 saturated carbocycles. The van der Waals surface area contributed by atoms with E-state index in [1.807, 2.05) is 31.2 Å². The second-order valence-corrected chi connectivity index (χ2v) is 4.82. The molecule has 20 heavy (non-hydrogen) atoms. The number of aromatic amines is 1. The minimum absolute atomic E-state index is 0.142. The van der Waals surface area contributed by atoms with Crippen molar-refractivity contribution in [3.63, 3.8) is 0 Å². The molecule has 1 atom stereocenters. The molecule has 0 spiro atoms. The summed E-state index contributed by atoms with van der Waals surface area (Å²) in [6.07, 6.45) is 0.489. The molecule has 0 aliphatic carbocycles. The van der Waals surface area contributed by atoms with Crippen molar-refractivity contribution in [1.29, 1.82) is 0 Å². The van der Waals surface area contributed by atoms with Gasteiger partial charge in [0.05, 0.1) is 11.5 Å². The minimum Gasteiger partial charge on any atom is -0.481 e. The minimum atomic E-state index is -0.886. The maximum absolute atomic E-state index is 12.3. The number of nitrogens with one attached hydrogen (secondary N) is 2. The highest BCUT2D eigenvalue weighted by atomic mass is 16.4. The number of carboxylic acids is 1. The molecule has 5 nitrogen and oxygen atoms in total. The Labute approximate surface area is 117 Å². The molecular weight excluding hydrogens is 256 g/mol. The summed E-state index contributed by atoms with van der Waals surface area (Å²) in [6.45, 7) is 3.77. The van der Waals surface area contributed by atoms with Crippen LogP contribution in [0.4, 0.5) is 0 Å². The van der Waals surface area contributed by atoms with Gasteiger partial charge in [-0.15, -0.1) is 0 Å². The Bertz CT molecular complexity index is 646. The summed E-state index contributed by atoms with van der Waals surface area (Å²) in [7, 11) is 0. The zero-order valence-electron chi connectivity index (χ0n) is 11.6. The number of aliphatic carboxylic acids is 1. The van der Waals surface area contributed by atoms with E-state index in [-0.39, 0.29) is 12.5 Å². The predicted octanol–water partition coefficient (Wildman–Crippen LogP) is 2.32. The van der Waals surface area contributed by atoms with Crippen LogP contribution in [-0.4, -0.2) is 28.5 Å². The van der Waals surface area contributed by atoms with Gasteiger partial charge in [0.25, 0.3) is 5.91 Å². The second-order valence-electron chi connectivity index (χ2n) is 4.82. The number of carbonyl (C=O) groups is 2. The van der Waals surface area contributed by atoms with Gasteiger partial charge in [-0.3, -0.25) is 9.59 Å². The van der Waals surface area contributed by atoms with E-state index in [1.54, 1.807) is 6.92 Å². The molecule has 0 aliphatic rings. The molecule has 0 saturated heterocycles. The highest BCUT2D eigenvalue weighted by Gasteiger charge is 2.19. The Morgan fingerprint density at radius 2 is 2.05 bits per heavy atom. The number of para-hydroxylation sites is 1. The van der Waals surface area contributed by atoms with Crippen molar-refractivity contribution in [3.8, 4) is 0 Å². The van der Waals surface area contributed by atoms with Crippen LogP contribution in [0, 0.1) is 12.8 Å². The summed E-state index contributed by atoms with van der Waals surface area (Å²) in [6, 6.07) is 7.56. The maximum atomic E-state index is 12.3. The van der Waals surface area contributed by atoms with E-state index in [0.29, 0.717) is 12.0 Å². The van der Waals surface area contributed by atoms with Crippen LogP contribution >= 0.6 is 0 Å². The van der Waals surface area contributed by atoms with E-state index in [0.717, 1.165) is 16.6 Å². The van der Waals surface area contributed by atoms with Gasteiger partial charge >= 0.3 is 5.97 Å². The van der Waals surface area contributed by atoms with Crippen LogP contribution in [0.15, 0.2) is 24.3 Å². The van der Waals surface area contributed by atoms with Crippen molar-refractivity contribution in [3.05, 3.63) is 35.5 Å². The SMILES string of the molecule is CCC(CNC(=O)c1c(C)[nH]c2ccccc12)C(=O)O. The molecule has 106 valence electrons. The fraction of sp³-hybridized carbons (Fsp3) is 0.333. The molecule has 0 bridgehead atoms. The molecule has 0 fully saturated rings. The molecule has 0 radical (unpaired) electrons. The number of aromatic nitrogens is 1. The molecule has 2 rings (SSSR count). The molecule has 1 heterocycles. The van der Waals surface area contributed by atoms with Gasteiger partial charge in [-0.1, -0.05) is 25.1 Å². The van der Waals surface area contributed by atoms with Crippen LogP contribution in [0.3, 0.4) is 0 Å². The van der Waals surface area contributed by atoms with Crippen LogP contribution in [0.2, 0.25) is 0 Å². The fourth-order valence-corrected chi connectivity index (χ4v) is 2.28. The van der Waals surface area contributed by atoms with Gasteiger partial charge in [0, 0.05) is 23.1 Å². The number of fused-ring (bicyclic) bond motifs is 1. The first kappa shape index (κ1) is 14.1. The van der Waals surface area contributed by atoms with Crippen molar-refractivity contribution in [1.82, 2.24) is 10.3 Å². The average molecular weight is 274 g/mol. The predicted molar refractivity (Wildman–Crippen MR) is 76.8 cm³/mol. The molecular formula is C15H18N2O3. The molecule has 0 aliphatic heterocycles. The molecule has 2 aromatic rings. The number of carbonyl (C=O) groups excluding carboxylic acids is 1. The van der Waals surface area contributed by atoms with E-state index in [1.165, 1.54) is 0 Å². The van der Waals surface area contributed by atoms with Gasteiger partial charge in [0.1, 0.15) is 0 Å². The molecule has 3 N–H and O–H groups in total. The standard InChI is InChI=1S/C15H18N2O3/c1-3-10(15(19)20)8-16-14(18)13-9(2)17-12-7-5-4-6-11(12)13/h4-7,10,17H,3,8H2,1-2H3,(H,16,18)(H,19,20). The third kappa shape index (κ3) is 2.66. The van der Waals surface area contributed by atoms with Crippen molar-refractivity contribution in [2.24, 2.45) is 5.92 Å². The van der Waals surface area contributed by atoms with Gasteiger partial charge in [0.15, 0.2) is 0 Å². The summed E-state index contributed by atoms with van der Waals surface area (Å²) in [5, 5.41) is 12.5. The lowest BCUT2D eigenvalue weighted by Gasteiger charge is -2.11. The summed E-state index contributed by atoms with van der Waals surface area (Å²) in [5.41, 5.74) is 2.27. The summed E-state index contributed by atoms with van der Waals surface area (Å²) >= 11 is 0. The van der Waals surface area contributed by atoms with E-state index in [2.05, 4.69) is 10.3 Å². The number of carboxylic acid groups (broad SMARTS) is 1. The smallest absolute Gasteiger partial charge is 0.308 e. The monoisotopic (exact) mass is 274 g/mol. The first-order valence-corrected chi connectivity index (χ1v) is 6.63. The largest absolute Gasteiger partial charge is 0.481 e. The van der Waals surface area contributed by atoms with Gasteiger partial charge in [-0.2, -0.15) is 0 Å². The van der Waals surface area contributed by atoms with Crippen LogP contribution in [0.25, 0.3) is 10.9 Å². The van der Waals surface area contributed by atoms with Crippen LogP contribution in [-0.2, 0) is 4.79 Å². The van der Waals surface area contributed by atoms with Crippen LogP contribution in [0.1, 0.15) is 29.4 Å². The number of benzene rings is 1. The zero-order valence-corrected chi connectivity index (χ0v) is 11.6. The summed E-state index contributed by atoms with van der Waals surface area (Å²) in [5.74, 6) is -1.67. The number of hydrogen-bond acceptors (Lipinski definition) is 2. The lowest BCUT2D eigenvalue weighted by atomic mass is 10.1. The van der Waals surface area contributed by atoms with Crippen molar-refractivity contribution in [2.75, 3.05) is 6.54 Å². The molecule has 1 aromatic heterocycles. The van der Waals surface area contributed by atoms with Gasteiger partial charge in [0.2, 0.25) is 0 Å². The average Bonchev–Trinajstić information content (AvgIpc) is 2.74. The van der Waals surface area contributed by atoms with Crippen molar-refractivity contribution < 1.29 is 14.7 Å². The third-order valence-corrected chi connectivity index (χ3v) is 3.47. The number of rotatable bonds is 5. The molecule has 1 amide bonds. The number of H-pyrrole nitrogens is 1. The lowest BCUT2D eigenvalue weighted by molar-refractivity contribution is -0.141. The summed E-state index contributed by atoms with van der Waals surface area (Å²) < 4.78 is 0. The lowest BCUT2D eigenvalue weighted by Crippen LogP contribution is -2.32. The number of amides is 1. The van der Waals surface area contributed by atoms with E-state index < -0.39 is 11.9 Å². The third-order valence-electron chi connectivity index (χ3n) is 3.47. The second kappa shape index (κ2) is 5.77. The molecule has 1 aromatic carbocycles. The molecule has 5 heteroatoms. The van der Waals surface area contributed by atoms with Crippen LogP contribution in [0.5, 0.6) is 0 Å². The quantitative estimate of drug-likeness (QED) is 0.782. The highest BCUT2D eigenvalue weighted by molar-refractivity contribution is 6.08. The van der Waals surface area contributed by atoms with Crippen LogP contribution < -0.4 is 5.32 Å². The molecule has 1 unspecified atom stereocenters. The fourth-order valence-electron chi connectivity index (χ4n) is 2.28. The van der Waals surface area contributed by atoms with Gasteiger partial charge in [-0.05, 0) is 19.4 Å². The topological polar surface area (TPSA) is 82.2 Å². The Kier molecular flexibility index (Phi) is 4.08. The van der Waals surface area contributed by atoms with E-state index >= 15 is 0 Å². The van der Waals surface area contributed by atoms with Crippen molar-refractivity contribution >= 4 is 22.8 Å². The van der Waals surface area contributed by atoms with Gasteiger partial charge in [-0.25, -0.2) is 0 Å². The Morgan fingerprint density at radius 1 is 1.35 bits per heavy atom. The van der Waals surface area contributed by atoms with Crippen molar-refractivity contribution in [2.45, 2.75) is 20.3 Å². The Hall–Kier alpha value is -2.30. The Balaban J connectivity index is 2.19. The Morgan fingerprint density at radius 3 is 2.70 bits per heavy atom. The van der Waals surface area contributed by atoms with E-state index in [4.69, 9.17) is 5.11 Å². The van der Waals surface area contributed by atoms with Gasteiger partial charge < -0.3 is 15.4 Å². The summed E-state index contributed by atoms with van der Waals surface area (Å²) in [4.78, 5) is 26.4. The number of hydrogen-bond donors (Lipinski definition) is 3. The zero-order chi connectivity index (χ0) is 14.7. The highest BCUT2D eigenvalue weighted by Crippen LogP contribution is 2.21. The first-order valence-electron chi connectivity index (χ1n) is 6.63. The first-order chi connectivity index (χ1) is 9.54. The van der Waals surface area contributed by atoms with E-state index in [9.17, 15) is 9.59 Å². The maximum Gasteiger partial charge on any atom is 0.308 e. The normalized spacial score (nSPS) is 12.3. The number of aryl methyl sites for hydroxylation is 1.